The Labute approximate surface area is 204 Å². The highest BCUT2D eigenvalue weighted by Crippen LogP contribution is 2.44. The van der Waals surface area contributed by atoms with Gasteiger partial charge in [-0.25, -0.2) is 4.99 Å². The van der Waals surface area contributed by atoms with Gasteiger partial charge in [0.15, 0.2) is 5.17 Å². The first-order valence-electron chi connectivity index (χ1n) is 10.8. The van der Waals surface area contributed by atoms with Crippen molar-refractivity contribution in [1.29, 1.82) is 0 Å². The Hall–Kier alpha value is -1.95. The minimum atomic E-state index is -0.145. The molecule has 1 atom stereocenters. The number of rotatable bonds is 4. The molecule has 0 spiro atoms. The Bertz CT molecular complexity index is 1130. The van der Waals surface area contributed by atoms with E-state index in [2.05, 4.69) is 61.1 Å². The molecule has 7 heteroatoms. The maximum atomic E-state index is 12.5. The zero-order valence-electron chi connectivity index (χ0n) is 18.7. The van der Waals surface area contributed by atoms with Crippen LogP contribution in [0.15, 0.2) is 46.3 Å². The Kier molecular flexibility index (Phi) is 6.62. The number of carbonyl (C=O) groups excluding carboxylic acids is 1. The molecule has 2 aliphatic heterocycles. The molecular formula is C25H27Cl2N3OS. The van der Waals surface area contributed by atoms with E-state index in [0.717, 1.165) is 24.9 Å². The van der Waals surface area contributed by atoms with Crippen molar-refractivity contribution in [3.63, 3.8) is 0 Å². The number of halogens is 2. The Balaban J connectivity index is 1.60. The predicted molar refractivity (Wildman–Crippen MR) is 138 cm³/mol. The van der Waals surface area contributed by atoms with E-state index in [0.29, 0.717) is 31.7 Å². The van der Waals surface area contributed by atoms with Gasteiger partial charge in [-0.2, -0.15) is 0 Å². The summed E-state index contributed by atoms with van der Waals surface area (Å²) in [4.78, 5) is 20.2. The lowest BCUT2D eigenvalue weighted by atomic mass is 9.79. The van der Waals surface area contributed by atoms with Crippen LogP contribution in [0.1, 0.15) is 57.6 Å². The van der Waals surface area contributed by atoms with E-state index < -0.39 is 0 Å². The smallest absolute Gasteiger partial charge is 0.264 e. The van der Waals surface area contributed by atoms with E-state index in [1.807, 2.05) is 6.08 Å². The van der Waals surface area contributed by atoms with Crippen LogP contribution in [0.3, 0.4) is 0 Å². The van der Waals surface area contributed by atoms with Gasteiger partial charge in [0.1, 0.15) is 0 Å². The van der Waals surface area contributed by atoms with Gasteiger partial charge in [0.2, 0.25) is 0 Å². The average molecular weight is 488 g/mol. The molecule has 0 aliphatic carbocycles. The molecule has 2 aromatic carbocycles. The van der Waals surface area contributed by atoms with Gasteiger partial charge in [0.05, 0.1) is 20.6 Å². The third-order valence-electron chi connectivity index (χ3n) is 5.94. The normalized spacial score (nSPS) is 22.4. The van der Waals surface area contributed by atoms with Gasteiger partial charge in [-0.05, 0) is 91.9 Å². The van der Waals surface area contributed by atoms with Gasteiger partial charge in [-0.3, -0.25) is 4.79 Å². The van der Waals surface area contributed by atoms with E-state index >= 15 is 0 Å². The molecule has 0 aromatic heterocycles. The van der Waals surface area contributed by atoms with Crippen LogP contribution >= 0.6 is 35.0 Å². The van der Waals surface area contributed by atoms with Gasteiger partial charge in [-0.15, -0.1) is 0 Å². The predicted octanol–water partition coefficient (Wildman–Crippen LogP) is 7.39. The highest BCUT2D eigenvalue weighted by atomic mass is 35.5. The molecule has 0 saturated carbocycles. The summed E-state index contributed by atoms with van der Waals surface area (Å²) >= 11 is 13.4. The molecule has 4 nitrogen and oxygen atoms in total. The minimum absolute atomic E-state index is 0.138. The second kappa shape index (κ2) is 9.12. The van der Waals surface area contributed by atoms with Crippen LogP contribution in [-0.2, 0) is 4.79 Å². The van der Waals surface area contributed by atoms with Crippen molar-refractivity contribution < 1.29 is 4.79 Å². The van der Waals surface area contributed by atoms with E-state index in [1.165, 1.54) is 23.0 Å². The number of hydrogen-bond acceptors (Lipinski definition) is 4. The number of benzene rings is 2. The molecule has 1 N–H and O–H groups in total. The quantitative estimate of drug-likeness (QED) is 0.457. The maximum absolute atomic E-state index is 12.5. The van der Waals surface area contributed by atoms with Crippen molar-refractivity contribution in [2.24, 2.45) is 4.99 Å². The number of nitrogens with one attached hydrogen (secondary N) is 1. The molecule has 2 aliphatic rings. The topological polar surface area (TPSA) is 44.7 Å². The van der Waals surface area contributed by atoms with E-state index in [4.69, 9.17) is 23.2 Å². The van der Waals surface area contributed by atoms with Crippen LogP contribution in [0.4, 0.5) is 11.4 Å². The second-order valence-electron chi connectivity index (χ2n) is 8.97. The van der Waals surface area contributed by atoms with Crippen molar-refractivity contribution in [3.8, 4) is 0 Å². The first-order valence-corrected chi connectivity index (χ1v) is 12.4. The van der Waals surface area contributed by atoms with Crippen molar-refractivity contribution >= 4 is 63.5 Å². The summed E-state index contributed by atoms with van der Waals surface area (Å²) in [5, 5.41) is 4.27. The summed E-state index contributed by atoms with van der Waals surface area (Å²) in [6.45, 7) is 10.2. The van der Waals surface area contributed by atoms with Gasteiger partial charge in [-0.1, -0.05) is 43.1 Å². The fourth-order valence-electron chi connectivity index (χ4n) is 4.55. The molecule has 0 bridgehead atoms. The number of thioether (sulfide) groups is 1. The molecule has 1 unspecified atom stereocenters. The lowest BCUT2D eigenvalue weighted by Gasteiger charge is -2.47. The molecular weight excluding hydrogens is 461 g/mol. The van der Waals surface area contributed by atoms with Gasteiger partial charge >= 0.3 is 0 Å². The van der Waals surface area contributed by atoms with Crippen molar-refractivity contribution in [2.75, 3.05) is 11.4 Å². The van der Waals surface area contributed by atoms with Crippen LogP contribution in [-0.4, -0.2) is 23.2 Å². The number of amidine groups is 1. The largest absolute Gasteiger partial charge is 0.366 e. The van der Waals surface area contributed by atoms with Crippen LogP contribution in [0, 0.1) is 0 Å². The molecule has 1 amide bonds. The first-order chi connectivity index (χ1) is 15.2. The van der Waals surface area contributed by atoms with E-state index in [-0.39, 0.29) is 11.4 Å². The lowest BCUT2D eigenvalue weighted by molar-refractivity contribution is -0.115. The Morgan fingerprint density at radius 1 is 1.22 bits per heavy atom. The summed E-state index contributed by atoms with van der Waals surface area (Å²) in [6.07, 6.45) is 4.16. The summed E-state index contributed by atoms with van der Waals surface area (Å²) in [6, 6.07) is 11.7. The monoisotopic (exact) mass is 487 g/mol. The van der Waals surface area contributed by atoms with Crippen LogP contribution in [0.5, 0.6) is 0 Å². The molecule has 1 saturated heterocycles. The summed E-state index contributed by atoms with van der Waals surface area (Å²) < 4.78 is 0. The number of aliphatic imine (C=N–C) groups is 1. The molecule has 2 heterocycles. The highest BCUT2D eigenvalue weighted by molar-refractivity contribution is 8.18. The fraction of sp³-hybridized carbons (Fsp3) is 0.360. The molecule has 4 rings (SSSR count). The SMILES string of the molecule is CCCN1c2ccc(/C=C3/SC(=Nc4ccc(Cl)c(Cl)c4)NC3=O)cc2C(C)CC1(C)C. The first kappa shape index (κ1) is 23.2. The number of hydrogen-bond donors (Lipinski definition) is 1. The second-order valence-corrected chi connectivity index (χ2v) is 10.8. The van der Waals surface area contributed by atoms with Gasteiger partial charge < -0.3 is 10.2 Å². The van der Waals surface area contributed by atoms with E-state index in [1.54, 1.807) is 18.2 Å². The number of fused-ring (bicyclic) bond motifs is 1. The van der Waals surface area contributed by atoms with Crippen molar-refractivity contribution in [1.82, 2.24) is 5.32 Å². The minimum Gasteiger partial charge on any atom is -0.366 e. The van der Waals surface area contributed by atoms with Gasteiger partial charge in [0.25, 0.3) is 5.91 Å². The highest BCUT2D eigenvalue weighted by Gasteiger charge is 2.35. The number of nitrogens with zero attached hydrogens (tertiary/aromatic N) is 2. The van der Waals surface area contributed by atoms with Crippen molar-refractivity contribution in [2.45, 2.75) is 52.0 Å². The summed E-state index contributed by atoms with van der Waals surface area (Å²) in [5.74, 6) is 0.316. The van der Waals surface area contributed by atoms with E-state index in [9.17, 15) is 4.79 Å². The summed E-state index contributed by atoms with van der Waals surface area (Å²) in [7, 11) is 0. The van der Waals surface area contributed by atoms with Crippen molar-refractivity contribution in [3.05, 3.63) is 62.5 Å². The zero-order chi connectivity index (χ0) is 23.0. The Morgan fingerprint density at radius 2 is 2.00 bits per heavy atom. The molecule has 0 radical (unpaired) electrons. The molecule has 1 fully saturated rings. The number of amides is 1. The zero-order valence-corrected chi connectivity index (χ0v) is 21.0. The van der Waals surface area contributed by atoms with Crippen LogP contribution in [0.25, 0.3) is 6.08 Å². The number of anilines is 1. The maximum Gasteiger partial charge on any atom is 0.264 e. The standard InChI is InChI=1S/C25H27Cl2N3OS/c1-5-10-30-21-9-6-16(11-18(21)15(2)14-25(30,3)4)12-22-23(31)29-24(32-22)28-17-7-8-19(26)20(27)13-17/h6-9,11-13,15H,5,10,14H2,1-4H3,(H,28,29,31)/b22-12+. The third kappa shape index (κ3) is 4.70. The molecule has 168 valence electrons. The molecule has 32 heavy (non-hydrogen) atoms. The third-order valence-corrected chi connectivity index (χ3v) is 7.59. The van der Waals surface area contributed by atoms with Gasteiger partial charge in [0, 0.05) is 17.8 Å². The van der Waals surface area contributed by atoms with Crippen LogP contribution < -0.4 is 10.2 Å². The number of carbonyl (C=O) groups is 1. The van der Waals surface area contributed by atoms with Crippen LogP contribution in [0.2, 0.25) is 10.0 Å². The lowest BCUT2D eigenvalue weighted by Crippen LogP contribution is -2.48. The Morgan fingerprint density at radius 3 is 2.72 bits per heavy atom. The molecule has 2 aromatic rings. The summed E-state index contributed by atoms with van der Waals surface area (Å²) in [5.41, 5.74) is 4.47. The average Bonchev–Trinajstić information content (AvgIpc) is 3.06. The fourth-order valence-corrected chi connectivity index (χ4v) is 5.68.